The molecule has 1 saturated heterocycles. The predicted octanol–water partition coefficient (Wildman–Crippen LogP) is 1.09. The predicted molar refractivity (Wildman–Crippen MR) is 48.1 cm³/mol. The number of likely N-dealkylation sites (N-methyl/N-ethyl adjacent to an activating group) is 1. The largest absolute Gasteiger partial charge is 0.347 e. The zero-order chi connectivity index (χ0) is 9.19. The monoisotopic (exact) mass is 173 g/mol. The van der Waals surface area contributed by atoms with E-state index in [1.54, 1.807) is 0 Å². The summed E-state index contributed by atoms with van der Waals surface area (Å²) in [7, 11) is 2.08. The first-order valence-electron chi connectivity index (χ1n) is 4.52. The smallest absolute Gasteiger partial charge is 0.178 e. The summed E-state index contributed by atoms with van der Waals surface area (Å²) in [6, 6.07) is 0.537. The van der Waals surface area contributed by atoms with Crippen LogP contribution in [-0.4, -0.2) is 43.5 Å². The van der Waals surface area contributed by atoms with E-state index in [0.717, 1.165) is 19.8 Å². The van der Waals surface area contributed by atoms with Crippen LogP contribution in [0.25, 0.3) is 0 Å². The molecule has 3 heteroatoms. The molecule has 1 heterocycles. The van der Waals surface area contributed by atoms with Gasteiger partial charge in [-0.1, -0.05) is 0 Å². The minimum atomic E-state index is -0.376. The Bertz CT molecular complexity index is 141. The topological polar surface area (TPSA) is 21.7 Å². The van der Waals surface area contributed by atoms with Gasteiger partial charge in [0.25, 0.3) is 0 Å². The molecular weight excluding hydrogens is 154 g/mol. The molecule has 0 N–H and O–H groups in total. The minimum absolute atomic E-state index is 0.376. The van der Waals surface area contributed by atoms with Crippen molar-refractivity contribution in [1.82, 2.24) is 4.90 Å². The quantitative estimate of drug-likeness (QED) is 0.637. The molecule has 0 bridgehead atoms. The maximum Gasteiger partial charge on any atom is 0.178 e. The summed E-state index contributed by atoms with van der Waals surface area (Å²) in [4.78, 5) is 2.23. The van der Waals surface area contributed by atoms with E-state index in [0.29, 0.717) is 6.04 Å². The van der Waals surface area contributed by atoms with Crippen LogP contribution in [0.4, 0.5) is 0 Å². The molecule has 0 aromatic carbocycles. The lowest BCUT2D eigenvalue weighted by molar-refractivity contribution is -0.156. The van der Waals surface area contributed by atoms with E-state index in [-0.39, 0.29) is 5.79 Å². The van der Waals surface area contributed by atoms with E-state index in [2.05, 4.69) is 25.8 Å². The number of hydrogen-bond donors (Lipinski definition) is 0. The van der Waals surface area contributed by atoms with E-state index in [4.69, 9.17) is 9.47 Å². The molecule has 0 aromatic heterocycles. The highest BCUT2D eigenvalue weighted by molar-refractivity contribution is 4.73. The molecule has 3 nitrogen and oxygen atoms in total. The van der Waals surface area contributed by atoms with Crippen molar-refractivity contribution in [1.29, 1.82) is 0 Å². The van der Waals surface area contributed by atoms with Gasteiger partial charge in [-0.15, -0.1) is 0 Å². The molecule has 0 unspecified atom stereocenters. The van der Waals surface area contributed by atoms with E-state index < -0.39 is 0 Å². The maximum atomic E-state index is 5.50. The van der Waals surface area contributed by atoms with Gasteiger partial charge < -0.3 is 9.47 Å². The van der Waals surface area contributed by atoms with Crippen molar-refractivity contribution in [3.05, 3.63) is 0 Å². The molecule has 0 spiro atoms. The second-order valence-corrected chi connectivity index (χ2v) is 3.84. The van der Waals surface area contributed by atoms with E-state index in [1.807, 2.05) is 6.92 Å². The fourth-order valence-corrected chi connectivity index (χ4v) is 1.28. The van der Waals surface area contributed by atoms with Crippen molar-refractivity contribution in [2.45, 2.75) is 32.6 Å². The van der Waals surface area contributed by atoms with Gasteiger partial charge in [0.1, 0.15) is 0 Å². The lowest BCUT2D eigenvalue weighted by atomic mass is 10.2. The number of nitrogens with zero attached hydrogens (tertiary/aromatic N) is 1. The molecule has 0 saturated carbocycles. The van der Waals surface area contributed by atoms with Crippen molar-refractivity contribution in [3.63, 3.8) is 0 Å². The molecule has 0 amide bonds. The second-order valence-electron chi connectivity index (χ2n) is 3.84. The molecule has 72 valence electrons. The van der Waals surface area contributed by atoms with Gasteiger partial charge in [-0.05, 0) is 27.8 Å². The fraction of sp³-hybridized carbons (Fsp3) is 1.00. The van der Waals surface area contributed by atoms with Gasteiger partial charge in [0.2, 0.25) is 0 Å². The van der Waals surface area contributed by atoms with Gasteiger partial charge >= 0.3 is 0 Å². The third kappa shape index (κ3) is 2.44. The first-order chi connectivity index (χ1) is 5.53. The molecule has 0 atom stereocenters. The Morgan fingerprint density at radius 2 is 1.83 bits per heavy atom. The molecule has 0 aromatic rings. The van der Waals surface area contributed by atoms with Gasteiger partial charge in [0.05, 0.1) is 19.8 Å². The van der Waals surface area contributed by atoms with Gasteiger partial charge in [0.15, 0.2) is 5.79 Å². The number of ether oxygens (including phenoxy) is 2. The Labute approximate surface area is 74.6 Å². The van der Waals surface area contributed by atoms with Gasteiger partial charge in [0, 0.05) is 6.04 Å². The van der Waals surface area contributed by atoms with Gasteiger partial charge in [-0.25, -0.2) is 0 Å². The second kappa shape index (κ2) is 3.73. The first kappa shape index (κ1) is 9.96. The van der Waals surface area contributed by atoms with E-state index >= 15 is 0 Å². The number of rotatable bonds is 3. The summed E-state index contributed by atoms with van der Waals surface area (Å²) in [5.74, 6) is -0.376. The van der Waals surface area contributed by atoms with Crippen LogP contribution < -0.4 is 0 Å². The van der Waals surface area contributed by atoms with Crippen LogP contribution in [0.3, 0.4) is 0 Å². The number of hydrogen-bond acceptors (Lipinski definition) is 3. The highest BCUT2D eigenvalue weighted by atomic mass is 16.7. The average Bonchev–Trinajstić information content (AvgIpc) is 2.35. The zero-order valence-electron chi connectivity index (χ0n) is 8.46. The van der Waals surface area contributed by atoms with Crippen LogP contribution in [0.2, 0.25) is 0 Å². The van der Waals surface area contributed by atoms with E-state index in [9.17, 15) is 0 Å². The Kier molecular flexibility index (Phi) is 3.09. The molecule has 12 heavy (non-hydrogen) atoms. The molecule has 1 aliphatic rings. The molecular formula is C9H19NO2. The first-order valence-corrected chi connectivity index (χ1v) is 4.52. The van der Waals surface area contributed by atoms with Crippen molar-refractivity contribution >= 4 is 0 Å². The normalized spacial score (nSPS) is 22.5. The zero-order valence-corrected chi connectivity index (χ0v) is 8.46. The summed E-state index contributed by atoms with van der Waals surface area (Å²) in [6.45, 7) is 8.62. The lowest BCUT2D eigenvalue weighted by Gasteiger charge is -2.30. The molecule has 1 rings (SSSR count). The third-order valence-electron chi connectivity index (χ3n) is 2.32. The Morgan fingerprint density at radius 1 is 1.33 bits per heavy atom. The van der Waals surface area contributed by atoms with Crippen LogP contribution in [0.5, 0.6) is 0 Å². The summed E-state index contributed by atoms with van der Waals surface area (Å²) in [5.41, 5.74) is 0. The van der Waals surface area contributed by atoms with Crippen LogP contribution >= 0.6 is 0 Å². The van der Waals surface area contributed by atoms with E-state index in [1.165, 1.54) is 0 Å². The average molecular weight is 173 g/mol. The SMILES string of the molecule is CC(C)N(C)CC1(C)OCCO1. The summed E-state index contributed by atoms with van der Waals surface area (Å²) in [6.07, 6.45) is 0. The molecule has 0 radical (unpaired) electrons. The summed E-state index contributed by atoms with van der Waals surface area (Å²) in [5, 5.41) is 0. The Balaban J connectivity index is 2.38. The highest BCUT2D eigenvalue weighted by Crippen LogP contribution is 2.19. The van der Waals surface area contributed by atoms with Gasteiger partial charge in [-0.2, -0.15) is 0 Å². The summed E-state index contributed by atoms with van der Waals surface area (Å²) >= 11 is 0. The lowest BCUT2D eigenvalue weighted by Crippen LogP contribution is -2.42. The minimum Gasteiger partial charge on any atom is -0.347 e. The summed E-state index contributed by atoms with van der Waals surface area (Å²) < 4.78 is 11.0. The highest BCUT2D eigenvalue weighted by Gasteiger charge is 2.32. The van der Waals surface area contributed by atoms with Crippen molar-refractivity contribution in [2.75, 3.05) is 26.8 Å². The Hall–Kier alpha value is -0.120. The van der Waals surface area contributed by atoms with Crippen molar-refractivity contribution < 1.29 is 9.47 Å². The van der Waals surface area contributed by atoms with Crippen molar-refractivity contribution in [3.8, 4) is 0 Å². The van der Waals surface area contributed by atoms with Gasteiger partial charge in [-0.3, -0.25) is 4.90 Å². The van der Waals surface area contributed by atoms with Crippen LogP contribution in [0, 0.1) is 0 Å². The third-order valence-corrected chi connectivity index (χ3v) is 2.32. The maximum absolute atomic E-state index is 5.50. The molecule has 1 aliphatic heterocycles. The standard InChI is InChI=1S/C9H19NO2/c1-8(2)10(4)7-9(3)11-5-6-12-9/h8H,5-7H2,1-4H3. The van der Waals surface area contributed by atoms with Crippen LogP contribution in [0.15, 0.2) is 0 Å². The molecule has 0 aliphatic carbocycles. The van der Waals surface area contributed by atoms with Crippen LogP contribution in [0.1, 0.15) is 20.8 Å². The van der Waals surface area contributed by atoms with Crippen molar-refractivity contribution in [2.24, 2.45) is 0 Å². The molecule has 1 fully saturated rings. The Morgan fingerprint density at radius 3 is 2.25 bits per heavy atom. The fourth-order valence-electron chi connectivity index (χ4n) is 1.28. The van der Waals surface area contributed by atoms with Crippen LogP contribution in [-0.2, 0) is 9.47 Å².